The first kappa shape index (κ1) is 17.4. The minimum Gasteiger partial charge on any atom is -0.478 e. The zero-order valence-corrected chi connectivity index (χ0v) is 14.4. The number of carboxylic acid groups (broad SMARTS) is 1. The summed E-state index contributed by atoms with van der Waals surface area (Å²) in [5.74, 6) is -4.32. The molecule has 4 rings (SSSR count). The Labute approximate surface area is 154 Å². The number of nitrogens with zero attached hydrogens (tertiary/aromatic N) is 1. The third-order valence-electron chi connectivity index (χ3n) is 5.04. The fraction of sp³-hybridized carbons (Fsp3) is 0.200. The Morgan fingerprint density at radius 1 is 1.26 bits per heavy atom. The van der Waals surface area contributed by atoms with Crippen LogP contribution in [0.25, 0.3) is 0 Å². The van der Waals surface area contributed by atoms with E-state index in [1.54, 1.807) is 30.3 Å². The summed E-state index contributed by atoms with van der Waals surface area (Å²) in [5, 5.41) is 9.57. The molecule has 2 aromatic carbocycles. The minimum absolute atomic E-state index is 0.200. The third-order valence-corrected chi connectivity index (χ3v) is 5.04. The lowest BCUT2D eigenvalue weighted by Gasteiger charge is -2.30. The number of ether oxygens (including phenoxy) is 2. The first-order valence-electron chi connectivity index (χ1n) is 8.22. The Morgan fingerprint density at radius 2 is 1.96 bits per heavy atom. The number of aliphatic carboxylic acids is 1. The van der Waals surface area contributed by atoms with Gasteiger partial charge in [-0.15, -0.1) is 0 Å². The summed E-state index contributed by atoms with van der Waals surface area (Å²) in [6.07, 6.45) is 0. The van der Waals surface area contributed by atoms with Crippen LogP contribution < -0.4 is 4.90 Å². The highest BCUT2D eigenvalue weighted by Gasteiger charge is 2.64. The van der Waals surface area contributed by atoms with E-state index >= 15 is 0 Å². The molecule has 0 saturated carbocycles. The number of carbonyl (C=O) groups excluding carboxylic acids is 1. The molecule has 0 aliphatic carbocycles. The quantitative estimate of drug-likeness (QED) is 0.842. The molecule has 138 valence electrons. The molecule has 0 unspecified atom stereocenters. The van der Waals surface area contributed by atoms with Crippen molar-refractivity contribution in [1.82, 2.24) is 0 Å². The lowest BCUT2D eigenvalue weighted by molar-refractivity contribution is -0.195. The van der Waals surface area contributed by atoms with Gasteiger partial charge in [-0.1, -0.05) is 36.9 Å². The second-order valence-corrected chi connectivity index (χ2v) is 6.51. The molecule has 0 bridgehead atoms. The molecule has 27 heavy (non-hydrogen) atoms. The monoisotopic (exact) mass is 369 g/mol. The molecule has 2 aliphatic rings. The van der Waals surface area contributed by atoms with Crippen LogP contribution in [0.5, 0.6) is 0 Å². The van der Waals surface area contributed by atoms with E-state index in [0.29, 0.717) is 11.3 Å². The van der Waals surface area contributed by atoms with Gasteiger partial charge >= 0.3 is 5.97 Å². The largest absolute Gasteiger partial charge is 0.478 e. The van der Waals surface area contributed by atoms with Crippen LogP contribution in [-0.2, 0) is 30.5 Å². The normalized spacial score (nSPS) is 26.4. The molecular formula is C20H16FNO5. The summed E-state index contributed by atoms with van der Waals surface area (Å²) in [5.41, 5.74) is -0.741. The van der Waals surface area contributed by atoms with Crippen LogP contribution in [0.3, 0.4) is 0 Å². The number of carboxylic acids is 1. The van der Waals surface area contributed by atoms with Crippen LogP contribution in [0.2, 0.25) is 0 Å². The van der Waals surface area contributed by atoms with Crippen molar-refractivity contribution >= 4 is 17.6 Å². The molecule has 0 aromatic heterocycles. The fourth-order valence-electron chi connectivity index (χ4n) is 3.60. The molecule has 0 radical (unpaired) electrons. The van der Waals surface area contributed by atoms with Crippen LogP contribution in [0, 0.1) is 5.82 Å². The van der Waals surface area contributed by atoms with Gasteiger partial charge in [0.1, 0.15) is 5.82 Å². The van der Waals surface area contributed by atoms with E-state index in [4.69, 9.17) is 9.47 Å². The SMILES string of the molecule is C=C(C(=O)O)[C@]1(c2ccccc2)CO[C@@]2(O1)C(=O)N(C)c1ccc(F)cc12. The zero-order valence-electron chi connectivity index (χ0n) is 14.4. The second-order valence-electron chi connectivity index (χ2n) is 6.51. The average Bonchev–Trinajstić information content (AvgIpc) is 3.17. The average molecular weight is 369 g/mol. The van der Waals surface area contributed by atoms with Crippen molar-refractivity contribution in [1.29, 1.82) is 0 Å². The number of halogens is 1. The number of fused-ring (bicyclic) bond motifs is 2. The molecule has 1 fully saturated rings. The third kappa shape index (κ3) is 2.25. The second kappa shape index (κ2) is 5.73. The maximum absolute atomic E-state index is 13.9. The van der Waals surface area contributed by atoms with Crippen LogP contribution in [0.1, 0.15) is 11.1 Å². The molecule has 2 aliphatic heterocycles. The minimum atomic E-state index is -1.93. The summed E-state index contributed by atoms with van der Waals surface area (Å²) in [6.45, 7) is 3.40. The molecule has 7 heteroatoms. The molecule has 1 amide bonds. The Morgan fingerprint density at radius 3 is 2.63 bits per heavy atom. The lowest BCUT2D eigenvalue weighted by atomic mass is 9.87. The van der Waals surface area contributed by atoms with Crippen LogP contribution >= 0.6 is 0 Å². The Hall–Kier alpha value is -3.03. The van der Waals surface area contributed by atoms with Crippen molar-refractivity contribution in [3.8, 4) is 0 Å². The van der Waals surface area contributed by atoms with Crippen LogP contribution in [0.4, 0.5) is 10.1 Å². The lowest BCUT2D eigenvalue weighted by Crippen LogP contribution is -2.42. The number of benzene rings is 2. The van der Waals surface area contributed by atoms with Gasteiger partial charge in [-0.2, -0.15) is 0 Å². The molecular weight excluding hydrogens is 353 g/mol. The maximum atomic E-state index is 13.9. The van der Waals surface area contributed by atoms with E-state index in [9.17, 15) is 19.1 Å². The Balaban J connectivity index is 1.90. The van der Waals surface area contributed by atoms with Gasteiger partial charge < -0.3 is 19.5 Å². The van der Waals surface area contributed by atoms with E-state index in [1.807, 2.05) is 0 Å². The summed E-state index contributed by atoms with van der Waals surface area (Å²) >= 11 is 0. The fourth-order valence-corrected chi connectivity index (χ4v) is 3.60. The predicted octanol–water partition coefficient (Wildman–Crippen LogP) is 2.54. The van der Waals surface area contributed by atoms with Gasteiger partial charge in [-0.05, 0) is 23.8 Å². The van der Waals surface area contributed by atoms with E-state index in [-0.39, 0.29) is 17.7 Å². The topological polar surface area (TPSA) is 76.1 Å². The highest BCUT2D eigenvalue weighted by molar-refractivity contribution is 6.06. The number of likely N-dealkylation sites (N-methyl/N-ethyl adjacent to an activating group) is 1. The van der Waals surface area contributed by atoms with Gasteiger partial charge in [0.2, 0.25) is 0 Å². The summed E-state index contributed by atoms with van der Waals surface area (Å²) in [6, 6.07) is 12.4. The van der Waals surface area contributed by atoms with Crippen LogP contribution in [0.15, 0.2) is 60.7 Å². The maximum Gasteiger partial charge on any atom is 0.334 e. The van der Waals surface area contributed by atoms with Gasteiger partial charge in [-0.25, -0.2) is 9.18 Å². The smallest absolute Gasteiger partial charge is 0.334 e. The number of amides is 1. The first-order valence-corrected chi connectivity index (χ1v) is 8.22. The van der Waals surface area contributed by atoms with Gasteiger partial charge in [0, 0.05) is 12.6 Å². The molecule has 2 atom stereocenters. The van der Waals surface area contributed by atoms with E-state index in [1.165, 1.54) is 30.1 Å². The number of carbonyl (C=O) groups is 2. The number of anilines is 1. The van der Waals surface area contributed by atoms with Gasteiger partial charge in [0.15, 0.2) is 5.60 Å². The first-order chi connectivity index (χ1) is 12.8. The molecule has 6 nitrogen and oxygen atoms in total. The van der Waals surface area contributed by atoms with Crippen molar-refractivity contribution in [3.05, 3.63) is 77.6 Å². The molecule has 1 N–H and O–H groups in total. The summed E-state index contributed by atoms with van der Waals surface area (Å²) in [4.78, 5) is 26.0. The number of rotatable bonds is 3. The highest BCUT2D eigenvalue weighted by Crippen LogP contribution is 2.53. The number of hydrogen-bond acceptors (Lipinski definition) is 4. The van der Waals surface area contributed by atoms with Crippen molar-refractivity contribution in [2.45, 2.75) is 11.4 Å². The Bertz CT molecular complexity index is 976. The van der Waals surface area contributed by atoms with Gasteiger partial charge in [0.25, 0.3) is 11.7 Å². The molecule has 2 heterocycles. The molecule has 1 saturated heterocycles. The number of hydrogen-bond donors (Lipinski definition) is 1. The summed E-state index contributed by atoms with van der Waals surface area (Å²) < 4.78 is 25.8. The summed E-state index contributed by atoms with van der Waals surface area (Å²) in [7, 11) is 1.52. The van der Waals surface area contributed by atoms with Crippen molar-refractivity contribution in [2.24, 2.45) is 0 Å². The molecule has 1 spiro atoms. The van der Waals surface area contributed by atoms with Gasteiger partial charge in [-0.3, -0.25) is 4.79 Å². The zero-order chi connectivity index (χ0) is 19.4. The van der Waals surface area contributed by atoms with Crippen molar-refractivity contribution < 1.29 is 28.6 Å². The van der Waals surface area contributed by atoms with Crippen molar-refractivity contribution in [3.63, 3.8) is 0 Å². The van der Waals surface area contributed by atoms with Crippen LogP contribution in [-0.4, -0.2) is 30.6 Å². The molecule has 2 aromatic rings. The standard InChI is InChI=1S/C20H16FNO5/c1-12(17(23)24)19(13-6-4-3-5-7-13)11-26-20(27-19)15-10-14(21)8-9-16(15)22(2)18(20)25/h3-10H,1,11H2,2H3,(H,23,24)/t19-,20-/m0/s1. The van der Waals surface area contributed by atoms with Gasteiger partial charge in [0.05, 0.1) is 17.9 Å². The van der Waals surface area contributed by atoms with E-state index < -0.39 is 29.1 Å². The predicted molar refractivity (Wildman–Crippen MR) is 93.4 cm³/mol. The van der Waals surface area contributed by atoms with E-state index in [2.05, 4.69) is 6.58 Å². The Kier molecular flexibility index (Phi) is 3.69. The highest BCUT2D eigenvalue weighted by atomic mass is 19.1. The van der Waals surface area contributed by atoms with E-state index in [0.717, 1.165) is 0 Å². The van der Waals surface area contributed by atoms with Crippen molar-refractivity contribution in [2.75, 3.05) is 18.6 Å².